The molecule has 0 aliphatic heterocycles. The zero-order chi connectivity index (χ0) is 17.2. The summed E-state index contributed by atoms with van der Waals surface area (Å²) in [5, 5.41) is 5.47. The van der Waals surface area contributed by atoms with Crippen LogP contribution in [0, 0.1) is 0 Å². The molecule has 0 fully saturated rings. The molecule has 0 aliphatic rings. The fourth-order valence-electron chi connectivity index (χ4n) is 2.29. The molecular weight excluding hydrogens is 344 g/mol. The molecule has 0 saturated heterocycles. The van der Waals surface area contributed by atoms with Crippen molar-refractivity contribution in [3.8, 4) is 11.4 Å². The van der Waals surface area contributed by atoms with Crippen molar-refractivity contribution in [2.75, 3.05) is 0 Å². The molecule has 4 rings (SSSR count). The lowest BCUT2D eigenvalue weighted by Gasteiger charge is -1.92. The van der Waals surface area contributed by atoms with Crippen LogP contribution in [0.5, 0.6) is 0 Å². The van der Waals surface area contributed by atoms with Gasteiger partial charge in [0.2, 0.25) is 11.4 Å². The van der Waals surface area contributed by atoms with Gasteiger partial charge in [0, 0.05) is 24.3 Å². The lowest BCUT2D eigenvalue weighted by Crippen LogP contribution is -2.39. The Morgan fingerprint density at radius 1 is 0.680 bits per heavy atom. The van der Waals surface area contributed by atoms with Gasteiger partial charge in [0.05, 0.1) is 11.8 Å². The number of benzene rings is 2. The van der Waals surface area contributed by atoms with Crippen LogP contribution >= 0.6 is 11.8 Å². The molecule has 0 aliphatic carbocycles. The van der Waals surface area contributed by atoms with E-state index in [2.05, 4.69) is 10.5 Å². The monoisotopic (exact) mass is 356 g/mol. The number of hydrogen-bond acceptors (Lipinski definition) is 5. The molecular formula is C16H12N4O4S+2. The van der Waals surface area contributed by atoms with Crippen molar-refractivity contribution in [1.82, 2.24) is 10.5 Å². The summed E-state index contributed by atoms with van der Waals surface area (Å²) in [6.07, 6.45) is 0. The first-order chi connectivity index (χ1) is 12.2. The second kappa shape index (κ2) is 6.29. The first kappa shape index (κ1) is 15.2. The number of aromatic nitrogens is 4. The summed E-state index contributed by atoms with van der Waals surface area (Å²) in [4.78, 5) is 24.2. The maximum Gasteiger partial charge on any atom is 0.442 e. The van der Waals surface area contributed by atoms with Crippen LogP contribution in [0.3, 0.4) is 0 Å². The molecule has 2 heterocycles. The zero-order valence-corrected chi connectivity index (χ0v) is 13.5. The normalized spacial score (nSPS) is 10.9. The van der Waals surface area contributed by atoms with Crippen molar-refractivity contribution in [1.29, 1.82) is 0 Å². The largest absolute Gasteiger partial charge is 0.442 e. The third-order valence-corrected chi connectivity index (χ3v) is 4.52. The van der Waals surface area contributed by atoms with Gasteiger partial charge in [-0.1, -0.05) is 36.4 Å². The minimum Gasteiger partial charge on any atom is -0.282 e. The lowest BCUT2D eigenvalue weighted by atomic mass is 10.3. The molecule has 0 saturated carbocycles. The molecule has 0 bridgehead atoms. The second-order valence-corrected chi connectivity index (χ2v) is 5.99. The van der Waals surface area contributed by atoms with E-state index in [-0.39, 0.29) is 10.1 Å². The minimum absolute atomic E-state index is 0.197. The van der Waals surface area contributed by atoms with E-state index in [0.717, 1.165) is 11.8 Å². The first-order valence-electron chi connectivity index (χ1n) is 7.30. The quantitative estimate of drug-likeness (QED) is 0.531. The van der Waals surface area contributed by atoms with E-state index in [4.69, 9.17) is 9.05 Å². The summed E-state index contributed by atoms with van der Waals surface area (Å²) in [5.74, 6) is 0. The number of nitrogens with zero attached hydrogens (tertiary/aromatic N) is 2. The molecule has 124 valence electrons. The van der Waals surface area contributed by atoms with Gasteiger partial charge in [0.15, 0.2) is 0 Å². The maximum atomic E-state index is 12.1. The van der Waals surface area contributed by atoms with E-state index in [1.807, 2.05) is 36.4 Å². The van der Waals surface area contributed by atoms with Crippen LogP contribution in [0.25, 0.3) is 11.4 Å². The molecule has 2 N–H and O–H groups in total. The van der Waals surface area contributed by atoms with Gasteiger partial charge < -0.3 is 0 Å². The van der Waals surface area contributed by atoms with Crippen LogP contribution in [0.2, 0.25) is 0 Å². The fourth-order valence-corrected chi connectivity index (χ4v) is 3.19. The first-order valence-corrected chi connectivity index (χ1v) is 8.11. The predicted molar refractivity (Wildman–Crippen MR) is 85.8 cm³/mol. The van der Waals surface area contributed by atoms with Crippen molar-refractivity contribution < 1.29 is 18.4 Å². The van der Waals surface area contributed by atoms with Gasteiger partial charge in [-0.15, -0.1) is 0 Å². The third-order valence-electron chi connectivity index (χ3n) is 3.44. The van der Waals surface area contributed by atoms with Gasteiger partial charge in [-0.3, -0.25) is 9.05 Å². The van der Waals surface area contributed by atoms with Crippen LogP contribution in [-0.4, -0.2) is 10.5 Å². The predicted octanol–water partition coefficient (Wildman–Crippen LogP) is 0.954. The molecule has 8 nitrogen and oxygen atoms in total. The molecule has 2 aromatic heterocycles. The van der Waals surface area contributed by atoms with Crippen molar-refractivity contribution in [3.63, 3.8) is 0 Å². The Morgan fingerprint density at radius 2 is 1.08 bits per heavy atom. The lowest BCUT2D eigenvalue weighted by molar-refractivity contribution is -0.711. The average molecular weight is 356 g/mol. The summed E-state index contributed by atoms with van der Waals surface area (Å²) < 4.78 is 12.7. The van der Waals surface area contributed by atoms with Crippen molar-refractivity contribution in [2.45, 2.75) is 10.1 Å². The van der Waals surface area contributed by atoms with Gasteiger partial charge in [-0.25, -0.2) is 9.59 Å². The Bertz CT molecular complexity index is 1020. The number of nitrogens with one attached hydrogen (secondary N) is 2. The third kappa shape index (κ3) is 2.81. The van der Waals surface area contributed by atoms with E-state index < -0.39 is 11.3 Å². The number of rotatable bonds is 4. The Morgan fingerprint density at radius 3 is 1.48 bits per heavy atom. The number of aromatic amines is 2. The Kier molecular flexibility index (Phi) is 3.82. The smallest absolute Gasteiger partial charge is 0.282 e. The molecule has 0 atom stereocenters. The van der Waals surface area contributed by atoms with Crippen LogP contribution in [0.1, 0.15) is 0 Å². The van der Waals surface area contributed by atoms with E-state index >= 15 is 0 Å². The summed E-state index contributed by atoms with van der Waals surface area (Å²) in [6, 6.07) is 18.3. The van der Waals surface area contributed by atoms with Gasteiger partial charge in [0.25, 0.3) is 0 Å². The summed E-state index contributed by atoms with van der Waals surface area (Å²) in [6.45, 7) is 0. The molecule has 0 unspecified atom stereocenters. The van der Waals surface area contributed by atoms with Crippen LogP contribution in [0.4, 0.5) is 0 Å². The topological polar surface area (TPSA) is 99.8 Å². The van der Waals surface area contributed by atoms with E-state index in [1.165, 1.54) is 9.36 Å². The maximum absolute atomic E-state index is 12.1. The standard InChI is InChI=1S/C16H10N4O4S/c21-15-13(19(17-23-15)11-7-3-1-4-8-11)25-14-16(22)24-18-20(14)12-9-5-2-6-10-12/h1-10H/p+2. The van der Waals surface area contributed by atoms with Crippen LogP contribution in [-0.2, 0) is 0 Å². The molecule has 0 amide bonds. The second-order valence-electron chi connectivity index (χ2n) is 5.02. The highest BCUT2D eigenvalue weighted by Gasteiger charge is 2.34. The van der Waals surface area contributed by atoms with Crippen LogP contribution in [0.15, 0.2) is 89.4 Å². The Labute approximate surface area is 144 Å². The Hall–Kier alpha value is -3.33. The Balaban J connectivity index is 1.81. The number of hydrogen-bond donors (Lipinski definition) is 2. The van der Waals surface area contributed by atoms with Crippen molar-refractivity contribution in [3.05, 3.63) is 81.5 Å². The summed E-state index contributed by atoms with van der Waals surface area (Å²) >= 11 is 0.948. The van der Waals surface area contributed by atoms with Crippen molar-refractivity contribution >= 4 is 11.8 Å². The van der Waals surface area contributed by atoms with Crippen molar-refractivity contribution in [2.24, 2.45) is 0 Å². The molecule has 25 heavy (non-hydrogen) atoms. The highest BCUT2D eigenvalue weighted by Crippen LogP contribution is 2.18. The molecule has 2 aromatic carbocycles. The molecule has 0 radical (unpaired) electrons. The van der Waals surface area contributed by atoms with Gasteiger partial charge in [-0.2, -0.15) is 0 Å². The van der Waals surface area contributed by atoms with E-state index in [1.54, 1.807) is 24.3 Å². The van der Waals surface area contributed by atoms with Gasteiger partial charge in [0.1, 0.15) is 0 Å². The summed E-state index contributed by atoms with van der Waals surface area (Å²) in [5.41, 5.74) is 0.215. The van der Waals surface area contributed by atoms with E-state index in [9.17, 15) is 9.59 Å². The molecule has 0 spiro atoms. The minimum atomic E-state index is -0.589. The van der Waals surface area contributed by atoms with Crippen LogP contribution < -0.4 is 20.6 Å². The molecule has 9 heteroatoms. The number of H-pyrrole nitrogens is 2. The highest BCUT2D eigenvalue weighted by atomic mass is 32.2. The zero-order valence-electron chi connectivity index (χ0n) is 12.7. The fraction of sp³-hybridized carbons (Fsp3) is 0. The van der Waals surface area contributed by atoms with Gasteiger partial charge >= 0.3 is 21.3 Å². The number of para-hydroxylation sites is 2. The highest BCUT2D eigenvalue weighted by molar-refractivity contribution is 7.99. The van der Waals surface area contributed by atoms with E-state index in [0.29, 0.717) is 11.4 Å². The summed E-state index contributed by atoms with van der Waals surface area (Å²) in [7, 11) is 0. The molecule has 4 aromatic rings. The van der Waals surface area contributed by atoms with Gasteiger partial charge in [-0.05, 0) is 19.9 Å². The average Bonchev–Trinajstić information content (AvgIpc) is 3.21. The SMILES string of the molecule is O=c1o[nH][n+](-c2ccccc2)c1Sc1c(=O)o[nH][n+]1-c1ccccc1.